The second-order valence-corrected chi connectivity index (χ2v) is 8.27. The SMILES string of the molecule is N#Cc1ccc(CN2CCN(CC(=O)Nc3ccccc3C(=O)Nc3ccccc3)CC2)cc1. The number of para-hydroxylation sites is 2. The van der Waals surface area contributed by atoms with Crippen LogP contribution in [0.25, 0.3) is 0 Å². The van der Waals surface area contributed by atoms with Crippen molar-refractivity contribution >= 4 is 23.2 Å². The number of nitrogens with zero attached hydrogens (tertiary/aromatic N) is 3. The Morgan fingerprint density at radius 2 is 1.44 bits per heavy atom. The first-order chi connectivity index (χ1) is 16.6. The summed E-state index contributed by atoms with van der Waals surface area (Å²) in [4.78, 5) is 29.9. The average Bonchev–Trinajstić information content (AvgIpc) is 2.86. The zero-order valence-electron chi connectivity index (χ0n) is 18.9. The molecule has 34 heavy (non-hydrogen) atoms. The molecule has 0 unspecified atom stereocenters. The molecule has 1 heterocycles. The molecule has 3 aromatic carbocycles. The van der Waals surface area contributed by atoms with Gasteiger partial charge in [0.1, 0.15) is 0 Å². The van der Waals surface area contributed by atoms with Crippen LogP contribution in [0.15, 0.2) is 78.9 Å². The van der Waals surface area contributed by atoms with Crippen molar-refractivity contribution in [2.24, 2.45) is 0 Å². The van der Waals surface area contributed by atoms with E-state index in [-0.39, 0.29) is 18.4 Å². The Bertz CT molecular complexity index is 1160. The number of anilines is 2. The monoisotopic (exact) mass is 453 g/mol. The topological polar surface area (TPSA) is 88.5 Å². The van der Waals surface area contributed by atoms with Gasteiger partial charge in [-0.05, 0) is 42.0 Å². The summed E-state index contributed by atoms with van der Waals surface area (Å²) in [7, 11) is 0. The van der Waals surface area contributed by atoms with Crippen molar-refractivity contribution in [3.8, 4) is 6.07 Å². The zero-order valence-corrected chi connectivity index (χ0v) is 18.9. The second kappa shape index (κ2) is 11.2. The maximum absolute atomic E-state index is 12.7. The molecule has 7 nitrogen and oxygen atoms in total. The first-order valence-corrected chi connectivity index (χ1v) is 11.3. The maximum Gasteiger partial charge on any atom is 0.257 e. The number of rotatable bonds is 7. The van der Waals surface area contributed by atoms with Crippen molar-refractivity contribution in [2.45, 2.75) is 6.54 Å². The van der Waals surface area contributed by atoms with E-state index in [0.717, 1.165) is 32.7 Å². The Kier molecular flexibility index (Phi) is 7.66. The zero-order chi connectivity index (χ0) is 23.8. The fraction of sp³-hybridized carbons (Fsp3) is 0.222. The van der Waals surface area contributed by atoms with E-state index in [9.17, 15) is 9.59 Å². The summed E-state index contributed by atoms with van der Waals surface area (Å²) in [5.41, 5.74) is 3.47. The number of carbonyl (C=O) groups is 2. The lowest BCUT2D eigenvalue weighted by Crippen LogP contribution is -2.48. The predicted octanol–water partition coefficient (Wildman–Crippen LogP) is 3.57. The van der Waals surface area contributed by atoms with Crippen LogP contribution < -0.4 is 10.6 Å². The number of nitriles is 1. The molecular formula is C27H27N5O2. The average molecular weight is 454 g/mol. The van der Waals surface area contributed by atoms with E-state index < -0.39 is 0 Å². The van der Waals surface area contributed by atoms with Crippen molar-refractivity contribution in [3.05, 3.63) is 95.6 Å². The highest BCUT2D eigenvalue weighted by molar-refractivity contribution is 6.10. The molecule has 4 rings (SSSR count). The van der Waals surface area contributed by atoms with Gasteiger partial charge in [-0.1, -0.05) is 42.5 Å². The Balaban J connectivity index is 1.27. The third kappa shape index (κ3) is 6.29. The fourth-order valence-electron chi connectivity index (χ4n) is 3.95. The number of amides is 2. The Hall–Kier alpha value is -3.99. The Morgan fingerprint density at radius 1 is 0.794 bits per heavy atom. The number of hydrogen-bond donors (Lipinski definition) is 2. The number of hydrogen-bond acceptors (Lipinski definition) is 5. The summed E-state index contributed by atoms with van der Waals surface area (Å²) >= 11 is 0. The van der Waals surface area contributed by atoms with Gasteiger partial charge in [0.15, 0.2) is 0 Å². The maximum atomic E-state index is 12.7. The summed E-state index contributed by atoms with van der Waals surface area (Å²) < 4.78 is 0. The third-order valence-corrected chi connectivity index (χ3v) is 5.80. The summed E-state index contributed by atoms with van der Waals surface area (Å²) in [5.74, 6) is -0.404. The number of benzene rings is 3. The lowest BCUT2D eigenvalue weighted by Gasteiger charge is -2.34. The van der Waals surface area contributed by atoms with E-state index in [2.05, 4.69) is 26.5 Å². The van der Waals surface area contributed by atoms with Gasteiger partial charge in [0.25, 0.3) is 5.91 Å². The van der Waals surface area contributed by atoms with Crippen molar-refractivity contribution < 1.29 is 9.59 Å². The highest BCUT2D eigenvalue weighted by Gasteiger charge is 2.20. The molecule has 1 aliphatic heterocycles. The van der Waals surface area contributed by atoms with Gasteiger partial charge in [0.05, 0.1) is 29.4 Å². The summed E-state index contributed by atoms with van der Waals surface area (Å²) in [5, 5.41) is 14.7. The number of carbonyl (C=O) groups excluding carboxylic acids is 2. The van der Waals surface area contributed by atoms with Crippen molar-refractivity contribution in [1.29, 1.82) is 5.26 Å². The lowest BCUT2D eigenvalue weighted by atomic mass is 10.1. The van der Waals surface area contributed by atoms with Crippen LogP contribution in [-0.2, 0) is 11.3 Å². The Morgan fingerprint density at radius 3 is 2.15 bits per heavy atom. The van der Waals surface area contributed by atoms with Gasteiger partial charge in [-0.3, -0.25) is 19.4 Å². The molecule has 1 fully saturated rings. The molecule has 0 spiro atoms. The molecule has 0 bridgehead atoms. The molecule has 7 heteroatoms. The molecule has 2 amide bonds. The minimum absolute atomic E-state index is 0.138. The van der Waals surface area contributed by atoms with E-state index in [1.54, 1.807) is 24.3 Å². The largest absolute Gasteiger partial charge is 0.324 e. The third-order valence-electron chi connectivity index (χ3n) is 5.80. The normalized spacial score (nSPS) is 14.2. The summed E-state index contributed by atoms with van der Waals surface area (Å²) in [6.07, 6.45) is 0. The number of piperazine rings is 1. The first-order valence-electron chi connectivity index (χ1n) is 11.3. The van der Waals surface area contributed by atoms with Crippen LogP contribution in [0.2, 0.25) is 0 Å². The van der Waals surface area contributed by atoms with Crippen LogP contribution >= 0.6 is 0 Å². The van der Waals surface area contributed by atoms with E-state index in [1.807, 2.05) is 54.6 Å². The van der Waals surface area contributed by atoms with Crippen molar-refractivity contribution in [2.75, 3.05) is 43.4 Å². The van der Waals surface area contributed by atoms with Crippen LogP contribution in [0.5, 0.6) is 0 Å². The fourth-order valence-corrected chi connectivity index (χ4v) is 3.95. The summed E-state index contributed by atoms with van der Waals surface area (Å²) in [6.45, 7) is 4.42. The molecule has 0 atom stereocenters. The van der Waals surface area contributed by atoms with Gasteiger partial charge in [-0.2, -0.15) is 5.26 Å². The Labute approximate surface area is 199 Å². The van der Waals surface area contributed by atoms with Crippen molar-refractivity contribution in [3.63, 3.8) is 0 Å². The molecule has 3 aromatic rings. The molecule has 2 N–H and O–H groups in total. The van der Waals surface area contributed by atoms with E-state index in [0.29, 0.717) is 22.5 Å². The van der Waals surface area contributed by atoms with E-state index in [4.69, 9.17) is 5.26 Å². The van der Waals surface area contributed by atoms with E-state index in [1.165, 1.54) is 5.56 Å². The molecule has 0 aliphatic carbocycles. The molecule has 172 valence electrons. The molecular weight excluding hydrogens is 426 g/mol. The number of nitrogens with one attached hydrogen (secondary N) is 2. The second-order valence-electron chi connectivity index (χ2n) is 8.27. The van der Waals surface area contributed by atoms with Gasteiger partial charge < -0.3 is 10.6 Å². The van der Waals surface area contributed by atoms with Crippen LogP contribution in [0, 0.1) is 11.3 Å². The lowest BCUT2D eigenvalue weighted by molar-refractivity contribution is -0.117. The molecule has 0 radical (unpaired) electrons. The smallest absolute Gasteiger partial charge is 0.257 e. The van der Waals surface area contributed by atoms with Crippen LogP contribution in [-0.4, -0.2) is 54.3 Å². The predicted molar refractivity (Wildman–Crippen MR) is 132 cm³/mol. The quantitative estimate of drug-likeness (QED) is 0.571. The van der Waals surface area contributed by atoms with Crippen LogP contribution in [0.3, 0.4) is 0 Å². The first kappa shape index (κ1) is 23.2. The van der Waals surface area contributed by atoms with Crippen molar-refractivity contribution in [1.82, 2.24) is 9.80 Å². The highest BCUT2D eigenvalue weighted by atomic mass is 16.2. The minimum Gasteiger partial charge on any atom is -0.324 e. The molecule has 0 aromatic heterocycles. The van der Waals surface area contributed by atoms with Gasteiger partial charge in [0, 0.05) is 38.4 Å². The molecule has 0 saturated carbocycles. The van der Waals surface area contributed by atoms with Gasteiger partial charge >= 0.3 is 0 Å². The standard InChI is InChI=1S/C27H27N5O2/c28-18-21-10-12-22(13-11-21)19-31-14-16-32(17-15-31)20-26(33)30-25-9-5-4-8-24(25)27(34)29-23-6-2-1-3-7-23/h1-13H,14-17,19-20H2,(H,29,34)(H,30,33). The minimum atomic E-state index is -0.265. The van der Waals surface area contributed by atoms with Crippen LogP contribution in [0.4, 0.5) is 11.4 Å². The van der Waals surface area contributed by atoms with Crippen LogP contribution in [0.1, 0.15) is 21.5 Å². The molecule has 1 saturated heterocycles. The molecule has 1 aliphatic rings. The van der Waals surface area contributed by atoms with Gasteiger partial charge in [0.2, 0.25) is 5.91 Å². The highest BCUT2D eigenvalue weighted by Crippen LogP contribution is 2.18. The van der Waals surface area contributed by atoms with E-state index >= 15 is 0 Å². The summed E-state index contributed by atoms with van der Waals surface area (Å²) in [6, 6.07) is 26.1. The van der Waals surface area contributed by atoms with Gasteiger partial charge in [-0.15, -0.1) is 0 Å². The van der Waals surface area contributed by atoms with Gasteiger partial charge in [-0.25, -0.2) is 0 Å².